The molecule has 0 saturated heterocycles. The van der Waals surface area contributed by atoms with Crippen LogP contribution in [0.4, 0.5) is 0 Å². The summed E-state index contributed by atoms with van der Waals surface area (Å²) in [6.45, 7) is 4.70. The molecular formula is C15H22. The summed E-state index contributed by atoms with van der Waals surface area (Å²) < 4.78 is 0. The Labute approximate surface area is 93.7 Å². The first kappa shape index (κ1) is 10.7. The van der Waals surface area contributed by atoms with Crippen LogP contribution in [0.15, 0.2) is 30.3 Å². The highest BCUT2D eigenvalue weighted by Gasteiger charge is 2.35. The molecule has 0 heteroatoms. The van der Waals surface area contributed by atoms with Gasteiger partial charge >= 0.3 is 0 Å². The van der Waals surface area contributed by atoms with Crippen LogP contribution in [0.1, 0.15) is 51.5 Å². The third kappa shape index (κ3) is 2.25. The van der Waals surface area contributed by atoms with Crippen LogP contribution in [0.25, 0.3) is 0 Å². The maximum atomic E-state index is 2.35. The molecule has 0 nitrogen and oxygen atoms in total. The van der Waals surface area contributed by atoms with Gasteiger partial charge in [-0.25, -0.2) is 0 Å². The van der Waals surface area contributed by atoms with Crippen LogP contribution in [-0.4, -0.2) is 0 Å². The fraction of sp³-hybridized carbons (Fsp3) is 0.600. The molecule has 0 amide bonds. The molecule has 0 N–H and O–H groups in total. The standard InChI is InChI=1S/C15H22/c1-13(2)12-15(10-6-7-11-15)14-8-4-3-5-9-14/h3-5,8-9,13H,6-7,10-12H2,1-2H3. The smallest absolute Gasteiger partial charge is 0.00445 e. The summed E-state index contributed by atoms with van der Waals surface area (Å²) >= 11 is 0. The molecule has 0 radical (unpaired) electrons. The van der Waals surface area contributed by atoms with Gasteiger partial charge in [-0.05, 0) is 36.2 Å². The molecule has 1 aliphatic carbocycles. The van der Waals surface area contributed by atoms with Crippen molar-refractivity contribution in [1.82, 2.24) is 0 Å². The second-order valence-corrected chi connectivity index (χ2v) is 5.45. The molecule has 1 aromatic carbocycles. The highest BCUT2D eigenvalue weighted by Crippen LogP contribution is 2.45. The molecule has 0 aliphatic heterocycles. The van der Waals surface area contributed by atoms with Crippen molar-refractivity contribution in [2.24, 2.45) is 5.92 Å². The Morgan fingerprint density at radius 3 is 2.20 bits per heavy atom. The van der Waals surface area contributed by atoms with Gasteiger partial charge in [0.25, 0.3) is 0 Å². The molecule has 0 unspecified atom stereocenters. The second kappa shape index (κ2) is 4.38. The zero-order valence-electron chi connectivity index (χ0n) is 10.00. The van der Waals surface area contributed by atoms with E-state index in [1.165, 1.54) is 32.1 Å². The van der Waals surface area contributed by atoms with Crippen molar-refractivity contribution in [3.8, 4) is 0 Å². The molecule has 0 atom stereocenters. The summed E-state index contributed by atoms with van der Waals surface area (Å²) in [5.41, 5.74) is 2.09. The lowest BCUT2D eigenvalue weighted by atomic mass is 9.73. The fourth-order valence-corrected chi connectivity index (χ4v) is 3.24. The average Bonchev–Trinajstić information content (AvgIpc) is 2.68. The molecule has 2 rings (SSSR count). The molecule has 0 heterocycles. The molecule has 0 bridgehead atoms. The number of rotatable bonds is 3. The zero-order chi connectivity index (χ0) is 10.7. The van der Waals surface area contributed by atoms with E-state index in [9.17, 15) is 0 Å². The SMILES string of the molecule is CC(C)CC1(c2ccccc2)CCCC1. The molecule has 1 aromatic rings. The summed E-state index contributed by atoms with van der Waals surface area (Å²) in [7, 11) is 0. The Kier molecular flexibility index (Phi) is 3.14. The lowest BCUT2D eigenvalue weighted by Gasteiger charge is -2.31. The van der Waals surface area contributed by atoms with Gasteiger partial charge in [0.2, 0.25) is 0 Å². The predicted octanol–water partition coefficient (Wildman–Crippen LogP) is 4.54. The van der Waals surface area contributed by atoms with Gasteiger partial charge in [-0.2, -0.15) is 0 Å². The van der Waals surface area contributed by atoms with E-state index < -0.39 is 0 Å². The molecule has 1 fully saturated rings. The predicted molar refractivity (Wildman–Crippen MR) is 66.0 cm³/mol. The van der Waals surface area contributed by atoms with Gasteiger partial charge in [0, 0.05) is 0 Å². The summed E-state index contributed by atoms with van der Waals surface area (Å²) in [6, 6.07) is 11.2. The van der Waals surface area contributed by atoms with E-state index in [0.717, 1.165) is 5.92 Å². The summed E-state index contributed by atoms with van der Waals surface area (Å²) in [5.74, 6) is 0.809. The van der Waals surface area contributed by atoms with Crippen LogP contribution in [-0.2, 0) is 5.41 Å². The minimum absolute atomic E-state index is 0.509. The molecule has 15 heavy (non-hydrogen) atoms. The highest BCUT2D eigenvalue weighted by molar-refractivity contribution is 5.26. The normalized spacial score (nSPS) is 19.7. The third-order valence-electron chi connectivity index (χ3n) is 3.75. The molecule has 82 valence electrons. The van der Waals surface area contributed by atoms with Crippen LogP contribution in [0.2, 0.25) is 0 Å². The molecule has 1 aliphatic rings. The molecule has 1 saturated carbocycles. The zero-order valence-corrected chi connectivity index (χ0v) is 10.00. The first-order valence-corrected chi connectivity index (χ1v) is 6.28. The van der Waals surface area contributed by atoms with Gasteiger partial charge < -0.3 is 0 Å². The van der Waals surface area contributed by atoms with E-state index in [1.54, 1.807) is 5.56 Å². The van der Waals surface area contributed by atoms with Crippen molar-refractivity contribution < 1.29 is 0 Å². The van der Waals surface area contributed by atoms with Gasteiger partial charge in [-0.1, -0.05) is 57.0 Å². The minimum Gasteiger partial charge on any atom is -0.0627 e. The summed E-state index contributed by atoms with van der Waals surface area (Å²) in [4.78, 5) is 0. The van der Waals surface area contributed by atoms with Gasteiger partial charge in [-0.3, -0.25) is 0 Å². The Morgan fingerprint density at radius 2 is 1.67 bits per heavy atom. The largest absolute Gasteiger partial charge is 0.0627 e. The van der Waals surface area contributed by atoms with Crippen LogP contribution in [0.5, 0.6) is 0 Å². The van der Waals surface area contributed by atoms with E-state index >= 15 is 0 Å². The Morgan fingerprint density at radius 1 is 1.07 bits per heavy atom. The maximum Gasteiger partial charge on any atom is -0.00445 e. The van der Waals surface area contributed by atoms with E-state index in [1.807, 2.05) is 0 Å². The number of benzene rings is 1. The quantitative estimate of drug-likeness (QED) is 0.675. The maximum absolute atomic E-state index is 2.35. The molecule has 0 spiro atoms. The third-order valence-corrected chi connectivity index (χ3v) is 3.75. The Hall–Kier alpha value is -0.780. The van der Waals surface area contributed by atoms with Crippen molar-refractivity contribution in [2.75, 3.05) is 0 Å². The Balaban J connectivity index is 2.26. The van der Waals surface area contributed by atoms with Crippen LogP contribution in [0.3, 0.4) is 0 Å². The number of hydrogen-bond donors (Lipinski definition) is 0. The monoisotopic (exact) mass is 202 g/mol. The fourth-order valence-electron chi connectivity index (χ4n) is 3.24. The second-order valence-electron chi connectivity index (χ2n) is 5.45. The van der Waals surface area contributed by atoms with Crippen molar-refractivity contribution in [3.63, 3.8) is 0 Å². The van der Waals surface area contributed by atoms with Crippen molar-refractivity contribution >= 4 is 0 Å². The van der Waals surface area contributed by atoms with E-state index in [4.69, 9.17) is 0 Å². The minimum atomic E-state index is 0.509. The highest BCUT2D eigenvalue weighted by atomic mass is 14.4. The molecular weight excluding hydrogens is 180 g/mol. The van der Waals surface area contributed by atoms with Crippen LogP contribution in [0, 0.1) is 5.92 Å². The van der Waals surface area contributed by atoms with Gasteiger partial charge in [0.1, 0.15) is 0 Å². The van der Waals surface area contributed by atoms with E-state index in [0.29, 0.717) is 5.41 Å². The average molecular weight is 202 g/mol. The lowest BCUT2D eigenvalue weighted by Crippen LogP contribution is -2.24. The van der Waals surface area contributed by atoms with Crippen LogP contribution >= 0.6 is 0 Å². The van der Waals surface area contributed by atoms with Crippen molar-refractivity contribution in [1.29, 1.82) is 0 Å². The summed E-state index contributed by atoms with van der Waals surface area (Å²) in [5, 5.41) is 0. The van der Waals surface area contributed by atoms with Gasteiger partial charge in [0.15, 0.2) is 0 Å². The molecule has 0 aromatic heterocycles. The lowest BCUT2D eigenvalue weighted by molar-refractivity contribution is 0.346. The first-order chi connectivity index (χ1) is 7.23. The van der Waals surface area contributed by atoms with E-state index in [2.05, 4.69) is 44.2 Å². The first-order valence-electron chi connectivity index (χ1n) is 6.28. The van der Waals surface area contributed by atoms with E-state index in [-0.39, 0.29) is 0 Å². The number of hydrogen-bond acceptors (Lipinski definition) is 0. The van der Waals surface area contributed by atoms with Crippen molar-refractivity contribution in [2.45, 2.75) is 51.4 Å². The van der Waals surface area contributed by atoms with Gasteiger partial charge in [-0.15, -0.1) is 0 Å². The Bertz CT molecular complexity index is 291. The summed E-state index contributed by atoms with van der Waals surface area (Å²) in [6.07, 6.45) is 6.99. The topological polar surface area (TPSA) is 0 Å². The van der Waals surface area contributed by atoms with Crippen LogP contribution < -0.4 is 0 Å². The van der Waals surface area contributed by atoms with Gasteiger partial charge in [0.05, 0.1) is 0 Å². The van der Waals surface area contributed by atoms with Crippen molar-refractivity contribution in [3.05, 3.63) is 35.9 Å².